The number of alkyl halides is 3. The van der Waals surface area contributed by atoms with Crippen LogP contribution in [-0.4, -0.2) is 22.9 Å². The number of hydrogen-bond donors (Lipinski definition) is 1. The molecule has 3 aromatic carbocycles. The second kappa shape index (κ2) is 12.0. The Bertz CT molecular complexity index is 1060. The molecule has 180 valence electrons. The highest BCUT2D eigenvalue weighted by Crippen LogP contribution is 2.32. The van der Waals surface area contributed by atoms with Gasteiger partial charge in [-0.05, 0) is 84.8 Å². The Morgan fingerprint density at radius 2 is 1.47 bits per heavy atom. The van der Waals surface area contributed by atoms with E-state index < -0.39 is 23.8 Å². The Kier molecular flexibility index (Phi) is 9.12. The van der Waals surface area contributed by atoms with Gasteiger partial charge in [-0.25, -0.2) is 4.79 Å². The Morgan fingerprint density at radius 3 is 2.03 bits per heavy atom. The third-order valence-corrected chi connectivity index (χ3v) is 6.10. The molecule has 0 aliphatic rings. The Hall–Kier alpha value is -2.84. The molecule has 3 rings (SSSR count). The molecule has 0 bridgehead atoms. The van der Waals surface area contributed by atoms with Crippen LogP contribution < -0.4 is 9.47 Å². The highest BCUT2D eigenvalue weighted by molar-refractivity contribution is 7.98. The molecule has 1 atom stereocenters. The fraction of sp³-hybridized carbons (Fsp3) is 0.240. The minimum atomic E-state index is -4.41. The molecule has 0 spiro atoms. The van der Waals surface area contributed by atoms with E-state index in [4.69, 9.17) is 21.1 Å². The van der Waals surface area contributed by atoms with Gasteiger partial charge >= 0.3 is 12.1 Å². The second-order valence-electron chi connectivity index (χ2n) is 7.36. The van der Waals surface area contributed by atoms with E-state index in [0.717, 1.165) is 29.2 Å². The predicted octanol–water partition coefficient (Wildman–Crippen LogP) is 7.70. The second-order valence-corrected chi connectivity index (χ2v) is 8.90. The monoisotopic (exact) mass is 510 g/mol. The number of carbonyl (C=O) groups is 1. The lowest BCUT2D eigenvalue weighted by atomic mass is 10.2. The van der Waals surface area contributed by atoms with Crippen molar-refractivity contribution in [3.05, 3.63) is 88.9 Å². The summed E-state index contributed by atoms with van der Waals surface area (Å²) in [6.07, 6.45) is -4.37. The number of carboxylic acids is 1. The van der Waals surface area contributed by atoms with Gasteiger partial charge in [0.15, 0.2) is 6.10 Å². The van der Waals surface area contributed by atoms with Gasteiger partial charge in [0, 0.05) is 10.8 Å². The molecular weight excluding hydrogens is 489 g/mol. The van der Waals surface area contributed by atoms with Crippen molar-refractivity contribution in [3.63, 3.8) is 0 Å². The summed E-state index contributed by atoms with van der Waals surface area (Å²) >= 11 is 7.58. The summed E-state index contributed by atoms with van der Waals surface area (Å²) in [5.74, 6) is 1.55. The summed E-state index contributed by atoms with van der Waals surface area (Å²) in [7, 11) is 0. The molecule has 9 heteroatoms. The molecule has 0 saturated carbocycles. The maximum Gasteiger partial charge on any atom is 0.416 e. The van der Waals surface area contributed by atoms with E-state index in [0.29, 0.717) is 29.4 Å². The number of rotatable bonds is 11. The van der Waals surface area contributed by atoms with Crippen LogP contribution in [0.1, 0.15) is 24.0 Å². The molecule has 0 fully saturated rings. The summed E-state index contributed by atoms with van der Waals surface area (Å²) in [6.45, 7) is 0. The number of ether oxygens (including phenoxy) is 2. The zero-order chi connectivity index (χ0) is 24.6. The van der Waals surface area contributed by atoms with Crippen molar-refractivity contribution in [2.75, 3.05) is 5.75 Å². The highest BCUT2D eigenvalue weighted by atomic mass is 35.5. The maximum atomic E-state index is 12.6. The lowest BCUT2D eigenvalue weighted by Crippen LogP contribution is -2.27. The normalized spacial score (nSPS) is 12.2. The smallest absolute Gasteiger partial charge is 0.416 e. The van der Waals surface area contributed by atoms with Gasteiger partial charge in [0.2, 0.25) is 0 Å². The summed E-state index contributed by atoms with van der Waals surface area (Å²) in [5, 5.41) is 10.2. The average Bonchev–Trinajstić information content (AvgIpc) is 2.80. The molecule has 0 aliphatic carbocycles. The fourth-order valence-electron chi connectivity index (χ4n) is 2.97. The molecule has 0 saturated heterocycles. The van der Waals surface area contributed by atoms with Crippen LogP contribution in [0.15, 0.2) is 72.8 Å². The topological polar surface area (TPSA) is 55.8 Å². The van der Waals surface area contributed by atoms with Crippen LogP contribution in [0.5, 0.6) is 17.2 Å². The molecule has 0 radical (unpaired) electrons. The van der Waals surface area contributed by atoms with E-state index >= 15 is 0 Å². The summed E-state index contributed by atoms with van der Waals surface area (Å²) in [5.41, 5.74) is 0.394. The summed E-state index contributed by atoms with van der Waals surface area (Å²) in [6, 6.07) is 18.2. The van der Waals surface area contributed by atoms with E-state index in [2.05, 4.69) is 0 Å². The first-order valence-electron chi connectivity index (χ1n) is 10.4. The zero-order valence-corrected chi connectivity index (χ0v) is 19.5. The van der Waals surface area contributed by atoms with Crippen molar-refractivity contribution in [3.8, 4) is 17.2 Å². The van der Waals surface area contributed by atoms with Crippen LogP contribution in [0.25, 0.3) is 0 Å². The number of thioether (sulfide) groups is 1. The largest absolute Gasteiger partial charge is 0.479 e. The van der Waals surface area contributed by atoms with Gasteiger partial charge in [0.25, 0.3) is 0 Å². The molecule has 3 aromatic rings. The van der Waals surface area contributed by atoms with Crippen molar-refractivity contribution >= 4 is 29.3 Å². The van der Waals surface area contributed by atoms with Crippen molar-refractivity contribution in [2.24, 2.45) is 0 Å². The first-order valence-corrected chi connectivity index (χ1v) is 11.9. The van der Waals surface area contributed by atoms with E-state index in [-0.39, 0.29) is 5.75 Å². The molecule has 4 nitrogen and oxygen atoms in total. The predicted molar refractivity (Wildman–Crippen MR) is 127 cm³/mol. The molecule has 1 unspecified atom stereocenters. The Morgan fingerprint density at radius 1 is 0.912 bits per heavy atom. The van der Waals surface area contributed by atoms with Crippen LogP contribution in [0.2, 0.25) is 5.02 Å². The zero-order valence-electron chi connectivity index (χ0n) is 17.9. The van der Waals surface area contributed by atoms with Crippen molar-refractivity contribution in [1.82, 2.24) is 0 Å². The van der Waals surface area contributed by atoms with Gasteiger partial charge in [-0.2, -0.15) is 24.9 Å². The van der Waals surface area contributed by atoms with Gasteiger partial charge in [0.05, 0.1) is 5.56 Å². The molecule has 0 aliphatic heterocycles. The minimum Gasteiger partial charge on any atom is -0.479 e. The lowest BCUT2D eigenvalue weighted by Gasteiger charge is -2.15. The molecular formula is C25H22ClF3O4S. The molecule has 0 amide bonds. The molecule has 0 aromatic heterocycles. The molecule has 34 heavy (non-hydrogen) atoms. The van der Waals surface area contributed by atoms with E-state index in [1.54, 1.807) is 36.0 Å². The van der Waals surface area contributed by atoms with Gasteiger partial charge in [0.1, 0.15) is 17.2 Å². The fourth-order valence-corrected chi connectivity index (χ4v) is 4.04. The van der Waals surface area contributed by atoms with E-state index in [1.165, 1.54) is 12.1 Å². The molecule has 1 N–H and O–H groups in total. The average molecular weight is 511 g/mol. The SMILES string of the molecule is O=C(O)C(CCCSCc1ccc(Cl)cc1)Oc1ccc(Oc2ccc(C(F)(F)F)cc2)cc1. The van der Waals surface area contributed by atoms with E-state index in [1.807, 2.05) is 24.3 Å². The lowest BCUT2D eigenvalue weighted by molar-refractivity contribution is -0.145. The standard InChI is InChI=1S/C25H22ClF3O4S/c26-19-7-3-17(4-8-19)16-34-15-1-2-23(24(30)31)33-22-13-11-21(12-14-22)32-20-9-5-18(6-10-20)25(27,28)29/h3-14,23H,1-2,15-16H2,(H,30,31). The van der Waals surface area contributed by atoms with Crippen LogP contribution >= 0.6 is 23.4 Å². The number of halogens is 4. The van der Waals surface area contributed by atoms with Gasteiger partial charge in [-0.15, -0.1) is 0 Å². The van der Waals surface area contributed by atoms with Crippen molar-refractivity contribution in [1.29, 1.82) is 0 Å². The summed E-state index contributed by atoms with van der Waals surface area (Å²) in [4.78, 5) is 11.6. The number of aliphatic carboxylic acids is 1. The highest BCUT2D eigenvalue weighted by Gasteiger charge is 2.30. The van der Waals surface area contributed by atoms with E-state index in [9.17, 15) is 23.1 Å². The quantitative estimate of drug-likeness (QED) is 0.268. The van der Waals surface area contributed by atoms with Gasteiger partial charge in [-0.1, -0.05) is 23.7 Å². The Balaban J connectivity index is 1.45. The van der Waals surface area contributed by atoms with Crippen LogP contribution in [0.3, 0.4) is 0 Å². The van der Waals surface area contributed by atoms with Crippen molar-refractivity contribution < 1.29 is 32.5 Å². The number of benzene rings is 3. The van der Waals surface area contributed by atoms with Crippen LogP contribution in [0, 0.1) is 0 Å². The first-order chi connectivity index (χ1) is 16.2. The summed E-state index contributed by atoms with van der Waals surface area (Å²) < 4.78 is 49.1. The third kappa shape index (κ3) is 8.18. The van der Waals surface area contributed by atoms with Crippen LogP contribution in [-0.2, 0) is 16.7 Å². The van der Waals surface area contributed by atoms with Crippen molar-refractivity contribution in [2.45, 2.75) is 30.9 Å². The Labute approximate surface area is 204 Å². The maximum absolute atomic E-state index is 12.6. The number of carboxylic acid groups (broad SMARTS) is 1. The number of hydrogen-bond acceptors (Lipinski definition) is 4. The molecule has 0 heterocycles. The van der Waals surface area contributed by atoms with Gasteiger partial charge < -0.3 is 14.6 Å². The van der Waals surface area contributed by atoms with Crippen LogP contribution in [0.4, 0.5) is 13.2 Å². The minimum absolute atomic E-state index is 0.251. The first kappa shape index (κ1) is 25.8. The van der Waals surface area contributed by atoms with Gasteiger partial charge in [-0.3, -0.25) is 0 Å². The third-order valence-electron chi connectivity index (χ3n) is 4.73.